The van der Waals surface area contributed by atoms with Gasteiger partial charge >= 0.3 is 6.01 Å². The molecule has 1 aliphatic rings. The highest BCUT2D eigenvalue weighted by molar-refractivity contribution is 6.01. The fourth-order valence-electron chi connectivity index (χ4n) is 4.11. The minimum Gasteiger partial charge on any atom is -0.428 e. The number of carbonyl (C=O) groups is 1. The molecule has 170 valence electrons. The first kappa shape index (κ1) is 21.1. The number of hydrogen-bond donors (Lipinski definition) is 2. The number of carbonyl (C=O) groups excluding carboxylic acids is 1. The summed E-state index contributed by atoms with van der Waals surface area (Å²) >= 11 is 0. The lowest BCUT2D eigenvalue weighted by atomic mass is 10.0. The number of pyridine rings is 1. The maximum Gasteiger partial charge on any atom is 0.302 e. The van der Waals surface area contributed by atoms with E-state index in [0.29, 0.717) is 29.9 Å². The van der Waals surface area contributed by atoms with E-state index in [2.05, 4.69) is 44.2 Å². The van der Waals surface area contributed by atoms with Crippen LogP contribution in [0.3, 0.4) is 0 Å². The van der Waals surface area contributed by atoms with Crippen LogP contribution in [0.5, 0.6) is 0 Å². The summed E-state index contributed by atoms with van der Waals surface area (Å²) in [4.78, 5) is 31.8. The molecule has 1 saturated carbocycles. The molecule has 1 unspecified atom stereocenters. The van der Waals surface area contributed by atoms with Crippen molar-refractivity contribution in [3.05, 3.63) is 54.1 Å². The number of rotatable bonds is 7. The second kappa shape index (κ2) is 8.28. The van der Waals surface area contributed by atoms with Crippen molar-refractivity contribution in [2.24, 2.45) is 5.92 Å². The van der Waals surface area contributed by atoms with Crippen molar-refractivity contribution in [1.82, 2.24) is 29.2 Å². The number of amides is 1. The Morgan fingerprint density at radius 2 is 2.12 bits per heavy atom. The van der Waals surface area contributed by atoms with Crippen LogP contribution in [0.25, 0.3) is 16.9 Å². The van der Waals surface area contributed by atoms with Crippen LogP contribution >= 0.6 is 0 Å². The molecular formula is C23H26N8O2. The number of aryl methyl sites for hydroxylation is 1. The van der Waals surface area contributed by atoms with E-state index < -0.39 is 5.91 Å². The first-order chi connectivity index (χ1) is 15.9. The van der Waals surface area contributed by atoms with E-state index >= 15 is 0 Å². The molecule has 10 nitrogen and oxygen atoms in total. The van der Waals surface area contributed by atoms with E-state index in [0.717, 1.165) is 22.7 Å². The fourth-order valence-corrected chi connectivity index (χ4v) is 4.11. The molecule has 4 aromatic rings. The number of fused-ring (bicyclic) bond motifs is 1. The molecule has 4 aromatic heterocycles. The monoisotopic (exact) mass is 446 g/mol. The SMILES string of the molecule is Cc1c(N)nc2ccc(-c3nc(NC(=O)c4cnccn4)oc3CC(C3CC3)N(C)C)cn12. The van der Waals surface area contributed by atoms with Gasteiger partial charge in [0.2, 0.25) is 0 Å². The van der Waals surface area contributed by atoms with Crippen molar-refractivity contribution in [1.29, 1.82) is 0 Å². The summed E-state index contributed by atoms with van der Waals surface area (Å²) in [5.41, 5.74) is 9.35. The molecule has 1 amide bonds. The molecule has 1 aliphatic carbocycles. The van der Waals surface area contributed by atoms with Gasteiger partial charge in [0.15, 0.2) is 0 Å². The summed E-state index contributed by atoms with van der Waals surface area (Å²) in [6.07, 6.45) is 9.43. The van der Waals surface area contributed by atoms with Crippen LogP contribution < -0.4 is 11.1 Å². The Hall–Kier alpha value is -3.79. The largest absolute Gasteiger partial charge is 0.428 e. The van der Waals surface area contributed by atoms with Crippen molar-refractivity contribution in [3.63, 3.8) is 0 Å². The van der Waals surface area contributed by atoms with Crippen molar-refractivity contribution < 1.29 is 9.21 Å². The van der Waals surface area contributed by atoms with Crippen LogP contribution in [0.15, 0.2) is 41.3 Å². The second-order valence-electron chi connectivity index (χ2n) is 8.64. The minimum atomic E-state index is -0.428. The summed E-state index contributed by atoms with van der Waals surface area (Å²) in [6.45, 7) is 1.92. The average Bonchev–Trinajstić information content (AvgIpc) is 3.51. The zero-order valence-electron chi connectivity index (χ0n) is 18.8. The van der Waals surface area contributed by atoms with E-state index in [1.165, 1.54) is 31.4 Å². The molecule has 5 rings (SSSR count). The maximum atomic E-state index is 12.6. The molecule has 0 saturated heterocycles. The molecule has 0 aliphatic heterocycles. The van der Waals surface area contributed by atoms with Gasteiger partial charge in [0.1, 0.15) is 28.6 Å². The maximum absolute atomic E-state index is 12.6. The van der Waals surface area contributed by atoms with Crippen LogP contribution in [-0.4, -0.2) is 55.3 Å². The number of aromatic nitrogens is 5. The Morgan fingerprint density at radius 3 is 2.82 bits per heavy atom. The molecule has 4 heterocycles. The van der Waals surface area contributed by atoms with Crippen molar-refractivity contribution in [2.75, 3.05) is 25.1 Å². The van der Waals surface area contributed by atoms with Crippen LogP contribution in [0.1, 0.15) is 34.8 Å². The second-order valence-corrected chi connectivity index (χ2v) is 8.64. The molecule has 33 heavy (non-hydrogen) atoms. The van der Waals surface area contributed by atoms with Crippen LogP contribution in [0.2, 0.25) is 0 Å². The lowest BCUT2D eigenvalue weighted by Crippen LogP contribution is -2.32. The van der Waals surface area contributed by atoms with Gasteiger partial charge in [-0.2, -0.15) is 4.98 Å². The van der Waals surface area contributed by atoms with Crippen molar-refractivity contribution in [3.8, 4) is 11.3 Å². The topological polar surface area (TPSA) is 127 Å². The summed E-state index contributed by atoms with van der Waals surface area (Å²) < 4.78 is 8.04. The van der Waals surface area contributed by atoms with E-state index in [4.69, 9.17) is 10.2 Å². The first-order valence-corrected chi connectivity index (χ1v) is 10.9. The van der Waals surface area contributed by atoms with Crippen LogP contribution in [0.4, 0.5) is 11.8 Å². The molecule has 0 radical (unpaired) electrons. The summed E-state index contributed by atoms with van der Waals surface area (Å²) in [5, 5.41) is 2.72. The third-order valence-corrected chi connectivity index (χ3v) is 6.11. The number of imidazole rings is 1. The molecule has 0 bridgehead atoms. The van der Waals surface area contributed by atoms with Gasteiger partial charge < -0.3 is 19.5 Å². The molecular weight excluding hydrogens is 420 g/mol. The van der Waals surface area contributed by atoms with Gasteiger partial charge in [0.25, 0.3) is 5.91 Å². The van der Waals surface area contributed by atoms with Gasteiger partial charge in [-0.15, -0.1) is 0 Å². The fraction of sp³-hybridized carbons (Fsp3) is 0.348. The highest BCUT2D eigenvalue weighted by Crippen LogP contribution is 2.38. The van der Waals surface area contributed by atoms with Gasteiger partial charge in [-0.25, -0.2) is 9.97 Å². The summed E-state index contributed by atoms with van der Waals surface area (Å²) in [5.74, 6) is 1.42. The Kier molecular flexibility index (Phi) is 5.29. The normalized spacial score (nSPS) is 14.7. The number of likely N-dealkylation sites (N-methyl/N-ethyl adjacent to an activating group) is 1. The Labute approximate surface area is 190 Å². The van der Waals surface area contributed by atoms with Gasteiger partial charge in [-0.3, -0.25) is 15.1 Å². The molecule has 0 spiro atoms. The number of anilines is 2. The molecule has 10 heteroatoms. The Morgan fingerprint density at radius 1 is 1.30 bits per heavy atom. The average molecular weight is 447 g/mol. The smallest absolute Gasteiger partial charge is 0.302 e. The highest BCUT2D eigenvalue weighted by atomic mass is 16.4. The van der Waals surface area contributed by atoms with Crippen LogP contribution in [-0.2, 0) is 6.42 Å². The van der Waals surface area contributed by atoms with Crippen LogP contribution in [0, 0.1) is 12.8 Å². The van der Waals surface area contributed by atoms with Crippen molar-refractivity contribution in [2.45, 2.75) is 32.2 Å². The predicted octanol–water partition coefficient (Wildman–Crippen LogP) is 2.80. The van der Waals surface area contributed by atoms with Gasteiger partial charge in [-0.1, -0.05) is 0 Å². The van der Waals surface area contributed by atoms with Gasteiger partial charge in [-0.05, 0) is 51.9 Å². The highest BCUT2D eigenvalue weighted by Gasteiger charge is 2.34. The number of nitrogen functional groups attached to an aromatic ring is 1. The van der Waals surface area contributed by atoms with E-state index in [9.17, 15) is 4.79 Å². The zero-order chi connectivity index (χ0) is 23.1. The third-order valence-electron chi connectivity index (χ3n) is 6.11. The lowest BCUT2D eigenvalue weighted by Gasteiger charge is -2.23. The van der Waals surface area contributed by atoms with Gasteiger partial charge in [0, 0.05) is 36.6 Å². The first-order valence-electron chi connectivity index (χ1n) is 10.9. The van der Waals surface area contributed by atoms with E-state index in [1.807, 2.05) is 29.7 Å². The molecule has 3 N–H and O–H groups in total. The standard InChI is InChI=1S/C23H26N8O2/c1-13-21(24)27-19-7-6-15(12-31(13)19)20-18(10-17(30(2)3)14-4-5-14)33-23(28-20)29-22(32)16-11-25-8-9-26-16/h6-9,11-12,14,17H,4-5,10,24H2,1-3H3,(H,28,29,32). The molecule has 1 atom stereocenters. The Bertz CT molecular complexity index is 1310. The minimum absolute atomic E-state index is 0.130. The summed E-state index contributed by atoms with van der Waals surface area (Å²) in [6, 6.07) is 4.30. The van der Waals surface area contributed by atoms with E-state index in [-0.39, 0.29) is 11.7 Å². The number of nitrogens with one attached hydrogen (secondary N) is 1. The zero-order valence-corrected chi connectivity index (χ0v) is 18.8. The van der Waals surface area contributed by atoms with Crippen molar-refractivity contribution >= 4 is 23.4 Å². The van der Waals surface area contributed by atoms with Gasteiger partial charge in [0.05, 0.1) is 11.9 Å². The Balaban J connectivity index is 1.53. The summed E-state index contributed by atoms with van der Waals surface area (Å²) in [7, 11) is 4.17. The molecule has 0 aromatic carbocycles. The van der Waals surface area contributed by atoms with E-state index in [1.54, 1.807) is 0 Å². The number of nitrogens with zero attached hydrogens (tertiary/aromatic N) is 6. The number of nitrogens with two attached hydrogens (primary N) is 1. The predicted molar refractivity (Wildman–Crippen MR) is 124 cm³/mol. The lowest BCUT2D eigenvalue weighted by molar-refractivity contribution is 0.101. The molecule has 1 fully saturated rings. The third kappa shape index (κ3) is 4.17. The number of hydrogen-bond acceptors (Lipinski definition) is 8. The quantitative estimate of drug-likeness (QED) is 0.444. The number of oxazole rings is 1.